The zero-order chi connectivity index (χ0) is 12.1. The average molecular weight is 232 g/mol. The van der Waals surface area contributed by atoms with E-state index >= 15 is 0 Å². The van der Waals surface area contributed by atoms with Crippen molar-refractivity contribution < 1.29 is 14.6 Å². The molecule has 1 N–H and O–H groups in total. The summed E-state index contributed by atoms with van der Waals surface area (Å²) in [7, 11) is 0. The molecule has 0 heterocycles. The molecule has 3 nitrogen and oxygen atoms in total. The van der Waals surface area contributed by atoms with Crippen molar-refractivity contribution in [1.82, 2.24) is 0 Å². The van der Waals surface area contributed by atoms with Crippen molar-refractivity contribution in [3.63, 3.8) is 0 Å². The molecule has 0 aliphatic rings. The van der Waals surface area contributed by atoms with E-state index in [1.54, 1.807) is 0 Å². The number of rotatable bonds is 12. The highest BCUT2D eigenvalue weighted by Gasteiger charge is 2.03. The van der Waals surface area contributed by atoms with E-state index in [1.165, 1.54) is 25.7 Å². The Hall–Kier alpha value is -0.120. The Balaban J connectivity index is 3.09. The van der Waals surface area contributed by atoms with Crippen molar-refractivity contribution in [2.75, 3.05) is 26.4 Å². The van der Waals surface area contributed by atoms with Gasteiger partial charge in [0, 0.05) is 13.2 Å². The second kappa shape index (κ2) is 12.9. The van der Waals surface area contributed by atoms with Gasteiger partial charge in [0.2, 0.25) is 0 Å². The Morgan fingerprint density at radius 3 is 1.62 bits per heavy atom. The van der Waals surface area contributed by atoms with Crippen LogP contribution < -0.4 is 0 Å². The van der Waals surface area contributed by atoms with Gasteiger partial charge in [-0.2, -0.15) is 0 Å². The smallest absolute Gasteiger partial charge is 0.101 e. The molecule has 0 fully saturated rings. The third-order valence-corrected chi connectivity index (χ3v) is 2.40. The minimum Gasteiger partial charge on any atom is -0.388 e. The molecule has 0 aromatic carbocycles. The topological polar surface area (TPSA) is 38.7 Å². The normalized spacial score (nSPS) is 11.2. The number of hydrogen-bond donors (Lipinski definition) is 1. The fraction of sp³-hybridized carbons (Fsp3) is 1.00. The molecule has 0 bridgehead atoms. The maximum atomic E-state index is 9.51. The van der Waals surface area contributed by atoms with Crippen molar-refractivity contribution in [1.29, 1.82) is 0 Å². The van der Waals surface area contributed by atoms with Crippen LogP contribution >= 0.6 is 0 Å². The summed E-state index contributed by atoms with van der Waals surface area (Å²) < 4.78 is 10.7. The zero-order valence-corrected chi connectivity index (χ0v) is 10.9. The second-order valence-electron chi connectivity index (χ2n) is 4.22. The van der Waals surface area contributed by atoms with Crippen LogP contribution in [0.3, 0.4) is 0 Å². The van der Waals surface area contributed by atoms with E-state index in [0.717, 1.165) is 26.1 Å². The molecule has 0 aliphatic heterocycles. The summed E-state index contributed by atoms with van der Waals surface area (Å²) in [5.74, 6) is 0. The predicted octanol–water partition coefficient (Wildman–Crippen LogP) is 2.76. The molecule has 0 amide bonds. The number of aliphatic hydroxyl groups excluding tert-OH is 1. The fourth-order valence-electron chi connectivity index (χ4n) is 1.40. The van der Waals surface area contributed by atoms with Crippen LogP contribution in [-0.4, -0.2) is 37.6 Å². The third kappa shape index (κ3) is 12.0. The summed E-state index contributed by atoms with van der Waals surface area (Å²) in [5, 5.41) is 9.51. The van der Waals surface area contributed by atoms with Crippen LogP contribution in [0.2, 0.25) is 0 Å². The summed E-state index contributed by atoms with van der Waals surface area (Å²) in [6, 6.07) is 0. The molecule has 0 aromatic rings. The molecule has 0 aliphatic carbocycles. The molecule has 0 saturated carbocycles. The first-order valence-corrected chi connectivity index (χ1v) is 6.64. The van der Waals surface area contributed by atoms with Crippen molar-refractivity contribution in [3.05, 3.63) is 0 Å². The lowest BCUT2D eigenvalue weighted by Crippen LogP contribution is -2.22. The third-order valence-electron chi connectivity index (χ3n) is 2.40. The molecular weight excluding hydrogens is 204 g/mol. The van der Waals surface area contributed by atoms with Crippen LogP contribution in [-0.2, 0) is 9.47 Å². The monoisotopic (exact) mass is 232 g/mol. The zero-order valence-electron chi connectivity index (χ0n) is 10.9. The Labute approximate surface area is 100 Å². The van der Waals surface area contributed by atoms with Crippen molar-refractivity contribution in [2.45, 2.75) is 58.5 Å². The lowest BCUT2D eigenvalue weighted by atomic mass is 10.3. The molecule has 0 rings (SSSR count). The van der Waals surface area contributed by atoms with Crippen molar-refractivity contribution in [2.24, 2.45) is 0 Å². The second-order valence-corrected chi connectivity index (χ2v) is 4.22. The van der Waals surface area contributed by atoms with Crippen LogP contribution in [0, 0.1) is 0 Å². The van der Waals surface area contributed by atoms with Crippen molar-refractivity contribution in [3.8, 4) is 0 Å². The van der Waals surface area contributed by atoms with Crippen LogP contribution in [0.1, 0.15) is 52.4 Å². The van der Waals surface area contributed by atoms with Gasteiger partial charge in [-0.25, -0.2) is 0 Å². The molecule has 0 saturated heterocycles. The van der Waals surface area contributed by atoms with E-state index in [-0.39, 0.29) is 0 Å². The number of ether oxygens (including phenoxy) is 2. The summed E-state index contributed by atoms with van der Waals surface area (Å²) in [6.07, 6.45) is 6.50. The fourth-order valence-corrected chi connectivity index (χ4v) is 1.40. The van der Waals surface area contributed by atoms with Crippen LogP contribution in [0.25, 0.3) is 0 Å². The van der Waals surface area contributed by atoms with Gasteiger partial charge >= 0.3 is 0 Å². The van der Waals surface area contributed by atoms with Crippen LogP contribution in [0.4, 0.5) is 0 Å². The molecule has 98 valence electrons. The first-order chi connectivity index (χ1) is 7.81. The first kappa shape index (κ1) is 15.9. The summed E-state index contributed by atoms with van der Waals surface area (Å²) in [4.78, 5) is 0. The lowest BCUT2D eigenvalue weighted by molar-refractivity contribution is -0.0200. The van der Waals surface area contributed by atoms with E-state index in [1.807, 2.05) is 0 Å². The minimum absolute atomic E-state index is 0.400. The highest BCUT2D eigenvalue weighted by atomic mass is 16.5. The van der Waals surface area contributed by atoms with E-state index in [0.29, 0.717) is 13.2 Å². The maximum Gasteiger partial charge on any atom is 0.101 e. The largest absolute Gasteiger partial charge is 0.388 e. The van der Waals surface area contributed by atoms with Gasteiger partial charge in [-0.15, -0.1) is 0 Å². The number of aliphatic hydroxyl groups is 1. The average Bonchev–Trinajstić information content (AvgIpc) is 2.28. The molecule has 16 heavy (non-hydrogen) atoms. The van der Waals surface area contributed by atoms with E-state index < -0.39 is 6.10 Å². The SMILES string of the molecule is CCCCCOCC(O)COCCCCC. The van der Waals surface area contributed by atoms with E-state index in [9.17, 15) is 5.11 Å². The van der Waals surface area contributed by atoms with E-state index in [4.69, 9.17) is 9.47 Å². The Kier molecular flexibility index (Phi) is 12.9. The maximum absolute atomic E-state index is 9.51. The minimum atomic E-state index is -0.469. The Bertz CT molecular complexity index is 114. The van der Waals surface area contributed by atoms with Crippen LogP contribution in [0.5, 0.6) is 0 Å². The molecular formula is C13H28O3. The summed E-state index contributed by atoms with van der Waals surface area (Å²) >= 11 is 0. The first-order valence-electron chi connectivity index (χ1n) is 6.64. The highest BCUT2D eigenvalue weighted by Crippen LogP contribution is 1.97. The van der Waals surface area contributed by atoms with Gasteiger partial charge in [-0.1, -0.05) is 39.5 Å². The molecule has 0 atom stereocenters. The van der Waals surface area contributed by atoms with Gasteiger partial charge in [-0.05, 0) is 12.8 Å². The van der Waals surface area contributed by atoms with Gasteiger partial charge in [0.15, 0.2) is 0 Å². The van der Waals surface area contributed by atoms with Crippen LogP contribution in [0.15, 0.2) is 0 Å². The van der Waals surface area contributed by atoms with Gasteiger partial charge in [0.25, 0.3) is 0 Å². The molecule has 0 spiro atoms. The Morgan fingerprint density at radius 1 is 0.812 bits per heavy atom. The quantitative estimate of drug-likeness (QED) is 0.526. The Morgan fingerprint density at radius 2 is 1.25 bits per heavy atom. The summed E-state index contributed by atoms with van der Waals surface area (Å²) in [6.45, 7) is 6.63. The summed E-state index contributed by atoms with van der Waals surface area (Å²) in [5.41, 5.74) is 0. The van der Waals surface area contributed by atoms with Gasteiger partial charge in [0.05, 0.1) is 13.2 Å². The standard InChI is InChI=1S/C13H28O3/c1-3-5-7-9-15-11-13(14)12-16-10-8-6-4-2/h13-14H,3-12H2,1-2H3. The highest BCUT2D eigenvalue weighted by molar-refractivity contribution is 4.51. The van der Waals surface area contributed by atoms with Gasteiger partial charge in [0.1, 0.15) is 6.10 Å². The molecule has 0 aromatic heterocycles. The number of unbranched alkanes of at least 4 members (excludes halogenated alkanes) is 4. The molecule has 0 unspecified atom stereocenters. The number of hydrogen-bond acceptors (Lipinski definition) is 3. The lowest BCUT2D eigenvalue weighted by Gasteiger charge is -2.11. The predicted molar refractivity (Wildman–Crippen MR) is 66.7 cm³/mol. The molecule has 3 heteroatoms. The van der Waals surface area contributed by atoms with Gasteiger partial charge < -0.3 is 14.6 Å². The van der Waals surface area contributed by atoms with E-state index in [2.05, 4.69) is 13.8 Å². The molecule has 0 radical (unpaired) electrons. The van der Waals surface area contributed by atoms with Crippen molar-refractivity contribution >= 4 is 0 Å². The van der Waals surface area contributed by atoms with Gasteiger partial charge in [-0.3, -0.25) is 0 Å².